The molecule has 0 bridgehead atoms. The van der Waals surface area contributed by atoms with Gasteiger partial charge in [0.15, 0.2) is 0 Å². The molecule has 0 fully saturated rings. The van der Waals surface area contributed by atoms with E-state index in [0.717, 1.165) is 16.4 Å². The zero-order valence-corrected chi connectivity index (χ0v) is 12.1. The van der Waals surface area contributed by atoms with Crippen LogP contribution in [0, 0.1) is 0 Å². The fourth-order valence-corrected chi connectivity index (χ4v) is 2.83. The first-order valence-corrected chi connectivity index (χ1v) is 7.43. The average molecular weight is 310 g/mol. The average Bonchev–Trinajstić information content (AvgIpc) is 2.88. The van der Waals surface area contributed by atoms with Crippen LogP contribution in [0.2, 0.25) is 0 Å². The van der Waals surface area contributed by atoms with Gasteiger partial charge in [-0.15, -0.1) is 0 Å². The lowest BCUT2D eigenvalue weighted by atomic mass is 10.3. The van der Waals surface area contributed by atoms with Crippen molar-refractivity contribution in [3.63, 3.8) is 0 Å². The van der Waals surface area contributed by atoms with Gasteiger partial charge in [0.25, 0.3) is 0 Å². The zero-order chi connectivity index (χ0) is 15.5. The molecule has 0 spiro atoms. The van der Waals surface area contributed by atoms with Crippen molar-refractivity contribution in [2.45, 2.75) is 18.0 Å². The van der Waals surface area contributed by atoms with Crippen molar-refractivity contribution in [2.75, 3.05) is 7.05 Å². The molecular weight excluding hydrogens is 296 g/mol. The van der Waals surface area contributed by atoms with Crippen molar-refractivity contribution in [1.82, 2.24) is 19.1 Å². The van der Waals surface area contributed by atoms with Gasteiger partial charge >= 0.3 is 5.97 Å². The maximum atomic E-state index is 12.3. The zero-order valence-electron chi connectivity index (χ0n) is 11.2. The summed E-state index contributed by atoms with van der Waals surface area (Å²) in [6.45, 7) is -0.196. The van der Waals surface area contributed by atoms with Crippen LogP contribution in [0.25, 0.3) is 0 Å². The van der Waals surface area contributed by atoms with E-state index in [2.05, 4.69) is 10.1 Å². The van der Waals surface area contributed by atoms with Gasteiger partial charge in [0, 0.05) is 32.2 Å². The van der Waals surface area contributed by atoms with Crippen LogP contribution in [0.4, 0.5) is 0 Å². The van der Waals surface area contributed by atoms with Crippen molar-refractivity contribution < 1.29 is 18.3 Å². The number of aromatic nitrogens is 3. The molecule has 2 aromatic heterocycles. The Morgan fingerprint density at radius 3 is 2.67 bits per heavy atom. The molecule has 9 heteroatoms. The fourth-order valence-electron chi connectivity index (χ4n) is 1.71. The van der Waals surface area contributed by atoms with Crippen LogP contribution in [-0.4, -0.2) is 45.6 Å². The minimum atomic E-state index is -3.72. The molecule has 0 radical (unpaired) electrons. The van der Waals surface area contributed by atoms with Gasteiger partial charge < -0.3 is 5.11 Å². The summed E-state index contributed by atoms with van der Waals surface area (Å²) < 4.78 is 26.9. The number of carboxylic acids is 1. The lowest BCUT2D eigenvalue weighted by Crippen LogP contribution is -2.26. The summed E-state index contributed by atoms with van der Waals surface area (Å²) in [4.78, 5) is 14.4. The Morgan fingerprint density at radius 1 is 1.38 bits per heavy atom. The second-order valence-corrected chi connectivity index (χ2v) is 6.43. The standard InChI is InChI=1S/C12H14N4O4S/c1-15(7-10-2-4-13-5-3-10)21(19,20)11-6-14-16(8-11)9-12(17)18/h2-6,8H,7,9H2,1H3,(H,17,18). The van der Waals surface area contributed by atoms with Gasteiger partial charge in [0.05, 0.1) is 6.20 Å². The van der Waals surface area contributed by atoms with Gasteiger partial charge in [-0.1, -0.05) is 0 Å². The Balaban J connectivity index is 2.17. The molecule has 0 aliphatic carbocycles. The Hall–Kier alpha value is -2.26. The minimum absolute atomic E-state index is 0.0414. The van der Waals surface area contributed by atoms with Crippen LogP contribution in [0.1, 0.15) is 5.56 Å². The maximum Gasteiger partial charge on any atom is 0.325 e. The van der Waals surface area contributed by atoms with Crippen molar-refractivity contribution in [2.24, 2.45) is 0 Å². The highest BCUT2D eigenvalue weighted by Gasteiger charge is 2.23. The first-order valence-electron chi connectivity index (χ1n) is 5.99. The third-order valence-corrected chi connectivity index (χ3v) is 4.53. The van der Waals surface area contributed by atoms with Gasteiger partial charge in [0.1, 0.15) is 11.4 Å². The second-order valence-electron chi connectivity index (χ2n) is 4.38. The van der Waals surface area contributed by atoms with E-state index in [0.29, 0.717) is 0 Å². The van der Waals surface area contributed by atoms with E-state index in [9.17, 15) is 13.2 Å². The van der Waals surface area contributed by atoms with Crippen LogP contribution in [0.15, 0.2) is 41.8 Å². The number of pyridine rings is 1. The lowest BCUT2D eigenvalue weighted by Gasteiger charge is -2.15. The molecule has 0 amide bonds. The van der Waals surface area contributed by atoms with E-state index in [1.54, 1.807) is 24.5 Å². The first-order chi connectivity index (χ1) is 9.89. The number of carboxylic acid groups (broad SMARTS) is 1. The topological polar surface area (TPSA) is 105 Å². The summed E-state index contributed by atoms with van der Waals surface area (Å²) in [5.41, 5.74) is 0.800. The highest BCUT2D eigenvalue weighted by Crippen LogP contribution is 2.15. The first kappa shape index (κ1) is 15.1. The van der Waals surface area contributed by atoms with E-state index in [1.165, 1.54) is 17.5 Å². The molecular formula is C12H14N4O4S. The monoisotopic (exact) mass is 310 g/mol. The number of sulfonamides is 1. The lowest BCUT2D eigenvalue weighted by molar-refractivity contribution is -0.137. The van der Waals surface area contributed by atoms with Crippen LogP contribution >= 0.6 is 0 Å². The number of aliphatic carboxylic acids is 1. The number of hydrogen-bond donors (Lipinski definition) is 1. The Bertz CT molecular complexity index is 727. The molecule has 1 N–H and O–H groups in total. The molecule has 0 aromatic carbocycles. The number of hydrogen-bond acceptors (Lipinski definition) is 5. The normalized spacial score (nSPS) is 11.7. The second kappa shape index (κ2) is 6.02. The maximum absolute atomic E-state index is 12.3. The van der Waals surface area contributed by atoms with E-state index in [1.807, 2.05) is 0 Å². The molecule has 0 aliphatic heterocycles. The number of nitrogens with zero attached hydrogens (tertiary/aromatic N) is 4. The van der Waals surface area contributed by atoms with Crippen molar-refractivity contribution in [3.8, 4) is 0 Å². The number of rotatable bonds is 6. The van der Waals surface area contributed by atoms with Gasteiger partial charge in [-0.2, -0.15) is 9.40 Å². The van der Waals surface area contributed by atoms with Gasteiger partial charge in [-0.3, -0.25) is 14.5 Å². The predicted octanol–water partition coefficient (Wildman–Crippen LogP) is 0.183. The SMILES string of the molecule is CN(Cc1ccncc1)S(=O)(=O)c1cnn(CC(=O)O)c1. The smallest absolute Gasteiger partial charge is 0.325 e. The number of carbonyl (C=O) groups is 1. The molecule has 0 saturated carbocycles. The van der Waals surface area contributed by atoms with Crippen molar-refractivity contribution in [3.05, 3.63) is 42.5 Å². The van der Waals surface area contributed by atoms with Crippen molar-refractivity contribution >= 4 is 16.0 Å². The van der Waals surface area contributed by atoms with Crippen LogP contribution in [-0.2, 0) is 27.9 Å². The molecule has 2 aromatic rings. The van der Waals surface area contributed by atoms with E-state index in [-0.39, 0.29) is 18.0 Å². The molecule has 0 saturated heterocycles. The Kier molecular flexibility index (Phi) is 4.34. The minimum Gasteiger partial charge on any atom is -0.480 e. The predicted molar refractivity (Wildman–Crippen MR) is 72.8 cm³/mol. The molecule has 112 valence electrons. The Morgan fingerprint density at radius 2 is 2.05 bits per heavy atom. The third kappa shape index (κ3) is 3.64. The quantitative estimate of drug-likeness (QED) is 0.816. The Labute approximate surface area is 121 Å². The fraction of sp³-hybridized carbons (Fsp3) is 0.250. The molecule has 21 heavy (non-hydrogen) atoms. The molecule has 8 nitrogen and oxygen atoms in total. The summed E-state index contributed by atoms with van der Waals surface area (Å²) in [5, 5.41) is 12.4. The largest absolute Gasteiger partial charge is 0.480 e. The summed E-state index contributed by atoms with van der Waals surface area (Å²) in [7, 11) is -2.27. The summed E-state index contributed by atoms with van der Waals surface area (Å²) in [6, 6.07) is 3.44. The van der Waals surface area contributed by atoms with Crippen LogP contribution in [0.3, 0.4) is 0 Å². The highest BCUT2D eigenvalue weighted by molar-refractivity contribution is 7.89. The molecule has 2 heterocycles. The molecule has 0 atom stereocenters. The summed E-state index contributed by atoms with van der Waals surface area (Å²) >= 11 is 0. The van der Waals surface area contributed by atoms with Crippen LogP contribution < -0.4 is 0 Å². The van der Waals surface area contributed by atoms with Crippen molar-refractivity contribution in [1.29, 1.82) is 0 Å². The van der Waals surface area contributed by atoms with E-state index < -0.39 is 16.0 Å². The van der Waals surface area contributed by atoms with E-state index in [4.69, 9.17) is 5.11 Å². The molecule has 2 rings (SSSR count). The van der Waals surface area contributed by atoms with Crippen LogP contribution in [0.5, 0.6) is 0 Å². The van der Waals surface area contributed by atoms with Gasteiger partial charge in [-0.25, -0.2) is 8.42 Å². The summed E-state index contributed by atoms with van der Waals surface area (Å²) in [5.74, 6) is -1.09. The highest BCUT2D eigenvalue weighted by atomic mass is 32.2. The third-order valence-electron chi connectivity index (χ3n) is 2.77. The molecule has 0 aliphatic rings. The molecule has 0 unspecified atom stereocenters. The van der Waals surface area contributed by atoms with Gasteiger partial charge in [-0.05, 0) is 17.7 Å². The van der Waals surface area contributed by atoms with Gasteiger partial charge in [0.2, 0.25) is 10.0 Å². The summed E-state index contributed by atoms with van der Waals surface area (Å²) in [6.07, 6.45) is 5.51. The van der Waals surface area contributed by atoms with E-state index >= 15 is 0 Å².